The minimum absolute atomic E-state index is 0.222. The maximum atomic E-state index is 6.07. The third-order valence-corrected chi connectivity index (χ3v) is 5.51. The van der Waals surface area contributed by atoms with Crippen LogP contribution in [0.3, 0.4) is 0 Å². The third-order valence-electron chi connectivity index (χ3n) is 3.46. The number of rotatable bonds is 2. The van der Waals surface area contributed by atoms with E-state index < -0.39 is 0 Å². The molecule has 3 heteroatoms. The van der Waals surface area contributed by atoms with Crippen molar-refractivity contribution in [1.29, 1.82) is 0 Å². The SMILES string of the molecule is Cc1cc(Br)ccc1OC1CC(Br)C1(C)C. The van der Waals surface area contributed by atoms with Crippen molar-refractivity contribution >= 4 is 31.9 Å². The lowest BCUT2D eigenvalue weighted by Gasteiger charge is -2.48. The van der Waals surface area contributed by atoms with E-state index in [1.165, 1.54) is 5.56 Å². The summed E-state index contributed by atoms with van der Waals surface area (Å²) in [5.41, 5.74) is 1.41. The molecule has 0 spiro atoms. The molecule has 1 aromatic carbocycles. The van der Waals surface area contributed by atoms with E-state index in [1.54, 1.807) is 0 Å². The van der Waals surface area contributed by atoms with Gasteiger partial charge in [-0.1, -0.05) is 45.7 Å². The van der Waals surface area contributed by atoms with Crippen LogP contribution in [0.15, 0.2) is 22.7 Å². The van der Waals surface area contributed by atoms with Gasteiger partial charge in [-0.3, -0.25) is 0 Å². The normalized spacial score (nSPS) is 27.3. The Labute approximate surface area is 114 Å². The Morgan fingerprint density at radius 2 is 2.06 bits per heavy atom. The molecule has 1 aromatic rings. The van der Waals surface area contributed by atoms with Gasteiger partial charge >= 0.3 is 0 Å². The molecule has 1 aliphatic rings. The van der Waals surface area contributed by atoms with Crippen LogP contribution in [-0.4, -0.2) is 10.9 Å². The van der Waals surface area contributed by atoms with Crippen molar-refractivity contribution < 1.29 is 4.74 Å². The smallest absolute Gasteiger partial charge is 0.122 e. The average molecular weight is 348 g/mol. The summed E-state index contributed by atoms with van der Waals surface area (Å²) < 4.78 is 7.17. The molecule has 0 aromatic heterocycles. The van der Waals surface area contributed by atoms with E-state index in [0.29, 0.717) is 10.9 Å². The summed E-state index contributed by atoms with van der Waals surface area (Å²) in [7, 11) is 0. The molecule has 1 aliphatic carbocycles. The summed E-state index contributed by atoms with van der Waals surface area (Å²) in [6.45, 7) is 6.57. The molecule has 2 rings (SSSR count). The zero-order chi connectivity index (χ0) is 11.9. The summed E-state index contributed by atoms with van der Waals surface area (Å²) >= 11 is 7.14. The van der Waals surface area contributed by atoms with Gasteiger partial charge in [0.15, 0.2) is 0 Å². The molecular weight excluding hydrogens is 332 g/mol. The Hall–Kier alpha value is -0.0200. The van der Waals surface area contributed by atoms with E-state index >= 15 is 0 Å². The number of hydrogen-bond acceptors (Lipinski definition) is 1. The van der Waals surface area contributed by atoms with E-state index in [0.717, 1.165) is 16.6 Å². The van der Waals surface area contributed by atoms with Gasteiger partial charge in [-0.25, -0.2) is 0 Å². The summed E-state index contributed by atoms with van der Waals surface area (Å²) in [6, 6.07) is 6.16. The van der Waals surface area contributed by atoms with Gasteiger partial charge in [0, 0.05) is 14.7 Å². The zero-order valence-electron chi connectivity index (χ0n) is 9.76. The number of ether oxygens (including phenoxy) is 1. The van der Waals surface area contributed by atoms with Crippen LogP contribution in [-0.2, 0) is 0 Å². The molecule has 16 heavy (non-hydrogen) atoms. The molecule has 0 heterocycles. The molecule has 1 saturated carbocycles. The summed E-state index contributed by atoms with van der Waals surface area (Å²) in [5, 5.41) is 0. The maximum absolute atomic E-state index is 6.07. The van der Waals surface area contributed by atoms with Crippen molar-refractivity contribution in [1.82, 2.24) is 0 Å². The van der Waals surface area contributed by atoms with Gasteiger partial charge in [-0.05, 0) is 37.1 Å². The molecule has 0 N–H and O–H groups in total. The second-order valence-corrected chi connectivity index (χ2v) is 7.06. The standard InChI is InChI=1S/C13H16Br2O/c1-8-6-9(14)4-5-10(8)16-12-7-11(15)13(12,2)3/h4-6,11-12H,7H2,1-3H3. The summed E-state index contributed by atoms with van der Waals surface area (Å²) in [6.07, 6.45) is 1.40. The molecule has 2 atom stereocenters. The molecule has 0 amide bonds. The first-order valence-corrected chi connectivity index (χ1v) is 7.19. The van der Waals surface area contributed by atoms with Crippen molar-refractivity contribution in [3.05, 3.63) is 28.2 Å². The van der Waals surface area contributed by atoms with E-state index in [1.807, 2.05) is 12.1 Å². The van der Waals surface area contributed by atoms with Gasteiger partial charge in [0.1, 0.15) is 11.9 Å². The number of hydrogen-bond donors (Lipinski definition) is 0. The first-order chi connectivity index (χ1) is 7.41. The van der Waals surface area contributed by atoms with Crippen LogP contribution in [0, 0.1) is 12.3 Å². The fourth-order valence-electron chi connectivity index (χ4n) is 1.93. The first kappa shape index (κ1) is 12.4. The second-order valence-electron chi connectivity index (χ2n) is 5.04. The first-order valence-electron chi connectivity index (χ1n) is 5.48. The second kappa shape index (κ2) is 4.34. The van der Waals surface area contributed by atoms with Crippen LogP contribution < -0.4 is 4.74 Å². The van der Waals surface area contributed by atoms with Gasteiger partial charge < -0.3 is 4.74 Å². The molecule has 2 unspecified atom stereocenters. The van der Waals surface area contributed by atoms with Gasteiger partial charge in [-0.15, -0.1) is 0 Å². The van der Waals surface area contributed by atoms with Crippen molar-refractivity contribution in [3.63, 3.8) is 0 Å². The maximum Gasteiger partial charge on any atom is 0.122 e. The molecule has 1 nitrogen and oxygen atoms in total. The zero-order valence-corrected chi connectivity index (χ0v) is 12.9. The van der Waals surface area contributed by atoms with Crippen LogP contribution in [0.5, 0.6) is 5.75 Å². The molecule has 0 radical (unpaired) electrons. The minimum Gasteiger partial charge on any atom is -0.490 e. The number of aryl methyl sites for hydroxylation is 1. The van der Waals surface area contributed by atoms with E-state index in [-0.39, 0.29) is 5.41 Å². The van der Waals surface area contributed by atoms with Gasteiger partial charge in [0.2, 0.25) is 0 Å². The number of alkyl halides is 1. The van der Waals surface area contributed by atoms with E-state index in [4.69, 9.17) is 4.74 Å². The van der Waals surface area contributed by atoms with Gasteiger partial charge in [-0.2, -0.15) is 0 Å². The molecular formula is C13H16Br2O. The third kappa shape index (κ3) is 2.17. The van der Waals surface area contributed by atoms with Crippen molar-refractivity contribution in [2.45, 2.75) is 38.1 Å². The fraction of sp³-hybridized carbons (Fsp3) is 0.538. The molecule has 0 bridgehead atoms. The Morgan fingerprint density at radius 3 is 2.56 bits per heavy atom. The molecule has 88 valence electrons. The highest BCUT2D eigenvalue weighted by Crippen LogP contribution is 2.47. The quantitative estimate of drug-likeness (QED) is 0.704. The lowest BCUT2D eigenvalue weighted by Crippen LogP contribution is -2.53. The Balaban J connectivity index is 2.11. The van der Waals surface area contributed by atoms with Crippen molar-refractivity contribution in [2.24, 2.45) is 5.41 Å². The monoisotopic (exact) mass is 346 g/mol. The number of benzene rings is 1. The fourth-order valence-corrected chi connectivity index (χ4v) is 3.04. The topological polar surface area (TPSA) is 9.23 Å². The van der Waals surface area contributed by atoms with E-state index in [9.17, 15) is 0 Å². The van der Waals surface area contributed by atoms with E-state index in [2.05, 4.69) is 58.7 Å². The molecule has 0 aliphatic heterocycles. The lowest BCUT2D eigenvalue weighted by atomic mass is 9.69. The summed E-state index contributed by atoms with van der Waals surface area (Å²) in [5.74, 6) is 1.00. The predicted octanol–water partition coefficient (Wildman–Crippen LogP) is 4.70. The van der Waals surface area contributed by atoms with Crippen LogP contribution in [0.1, 0.15) is 25.8 Å². The molecule has 0 saturated heterocycles. The van der Waals surface area contributed by atoms with Crippen molar-refractivity contribution in [2.75, 3.05) is 0 Å². The largest absolute Gasteiger partial charge is 0.490 e. The highest BCUT2D eigenvalue weighted by Gasteiger charge is 2.48. The van der Waals surface area contributed by atoms with Gasteiger partial charge in [0.05, 0.1) is 0 Å². The Bertz CT molecular complexity index is 401. The van der Waals surface area contributed by atoms with Gasteiger partial charge in [0.25, 0.3) is 0 Å². The van der Waals surface area contributed by atoms with Crippen molar-refractivity contribution in [3.8, 4) is 5.75 Å². The minimum atomic E-state index is 0.222. The molecule has 1 fully saturated rings. The highest BCUT2D eigenvalue weighted by molar-refractivity contribution is 9.10. The van der Waals surface area contributed by atoms with Crippen LogP contribution in [0.4, 0.5) is 0 Å². The highest BCUT2D eigenvalue weighted by atomic mass is 79.9. The lowest BCUT2D eigenvalue weighted by molar-refractivity contribution is -0.00822. The van der Waals surface area contributed by atoms with Crippen LogP contribution in [0.25, 0.3) is 0 Å². The Kier molecular flexibility index (Phi) is 3.37. The summed E-state index contributed by atoms with van der Waals surface area (Å²) in [4.78, 5) is 0.570. The van der Waals surface area contributed by atoms with Crippen LogP contribution >= 0.6 is 31.9 Å². The number of halogens is 2. The predicted molar refractivity (Wildman–Crippen MR) is 74.4 cm³/mol. The van der Waals surface area contributed by atoms with Crippen LogP contribution in [0.2, 0.25) is 0 Å². The average Bonchev–Trinajstić information content (AvgIpc) is 2.21. The Morgan fingerprint density at radius 1 is 1.38 bits per heavy atom.